The quantitative estimate of drug-likeness (QED) is 0.369. The van der Waals surface area contributed by atoms with Gasteiger partial charge >= 0.3 is 0 Å². The highest BCUT2D eigenvalue weighted by molar-refractivity contribution is 8.00. The zero-order valence-electron chi connectivity index (χ0n) is 17.4. The van der Waals surface area contributed by atoms with Gasteiger partial charge in [0.25, 0.3) is 5.22 Å². The van der Waals surface area contributed by atoms with Crippen LogP contribution in [-0.2, 0) is 10.0 Å². The fourth-order valence-electron chi connectivity index (χ4n) is 3.47. The first kappa shape index (κ1) is 22.6. The average Bonchev–Trinajstić information content (AvgIpc) is 3.28. The zero-order chi connectivity index (χ0) is 22.7. The van der Waals surface area contributed by atoms with Crippen molar-refractivity contribution in [2.45, 2.75) is 41.6 Å². The lowest BCUT2D eigenvalue weighted by Crippen LogP contribution is -2.35. The van der Waals surface area contributed by atoms with Gasteiger partial charge in [-0.15, -0.1) is 10.2 Å². The van der Waals surface area contributed by atoms with Crippen LogP contribution in [0.25, 0.3) is 11.5 Å². The summed E-state index contributed by atoms with van der Waals surface area (Å²) in [5, 5.41) is 7.65. The number of rotatable bonds is 7. The molecule has 32 heavy (non-hydrogen) atoms. The molecule has 1 saturated heterocycles. The first-order valence-corrected chi connectivity index (χ1v) is 12.6. The van der Waals surface area contributed by atoms with Gasteiger partial charge in [-0.1, -0.05) is 24.2 Å². The van der Waals surface area contributed by atoms with E-state index in [0.717, 1.165) is 31.0 Å². The summed E-state index contributed by atoms with van der Waals surface area (Å²) in [7, 11) is -3.58. The van der Waals surface area contributed by atoms with Gasteiger partial charge in [0, 0.05) is 24.2 Å². The van der Waals surface area contributed by atoms with Gasteiger partial charge in [0.15, 0.2) is 5.78 Å². The Balaban J connectivity index is 1.49. The van der Waals surface area contributed by atoms with E-state index in [2.05, 4.69) is 10.2 Å². The van der Waals surface area contributed by atoms with Crippen LogP contribution in [0, 0.1) is 5.82 Å². The van der Waals surface area contributed by atoms with E-state index in [1.807, 2.05) is 0 Å². The van der Waals surface area contributed by atoms with Gasteiger partial charge in [-0.2, -0.15) is 4.31 Å². The van der Waals surface area contributed by atoms with E-state index in [-0.39, 0.29) is 21.8 Å². The number of piperidine rings is 1. The van der Waals surface area contributed by atoms with Gasteiger partial charge in [0.05, 0.1) is 10.1 Å². The van der Waals surface area contributed by atoms with E-state index in [0.29, 0.717) is 24.2 Å². The number of carbonyl (C=O) groups is 1. The molecule has 2 aromatic carbocycles. The molecule has 1 fully saturated rings. The van der Waals surface area contributed by atoms with Crippen molar-refractivity contribution in [3.8, 4) is 11.5 Å². The molecule has 0 saturated carbocycles. The number of sulfonamides is 1. The Hall–Kier alpha value is -2.56. The van der Waals surface area contributed by atoms with Gasteiger partial charge in [-0.25, -0.2) is 12.8 Å². The van der Waals surface area contributed by atoms with E-state index in [1.165, 1.54) is 34.6 Å². The van der Waals surface area contributed by atoms with Crippen molar-refractivity contribution >= 4 is 27.6 Å². The van der Waals surface area contributed by atoms with Gasteiger partial charge in [-0.3, -0.25) is 4.79 Å². The maximum absolute atomic E-state index is 13.1. The molecule has 4 rings (SSSR count). The van der Waals surface area contributed by atoms with Crippen LogP contribution in [0.15, 0.2) is 63.1 Å². The summed E-state index contributed by atoms with van der Waals surface area (Å²) in [6.07, 6.45) is 2.76. The van der Waals surface area contributed by atoms with E-state index in [4.69, 9.17) is 4.42 Å². The van der Waals surface area contributed by atoms with Crippen LogP contribution in [0.4, 0.5) is 4.39 Å². The molecule has 10 heteroatoms. The van der Waals surface area contributed by atoms with Crippen LogP contribution in [-0.4, -0.2) is 47.0 Å². The Morgan fingerprint density at radius 1 is 1.09 bits per heavy atom. The summed E-state index contributed by atoms with van der Waals surface area (Å²) in [4.78, 5) is 12.7. The van der Waals surface area contributed by atoms with Crippen molar-refractivity contribution in [3.63, 3.8) is 0 Å². The predicted molar refractivity (Wildman–Crippen MR) is 118 cm³/mol. The molecule has 2 heterocycles. The van der Waals surface area contributed by atoms with Gasteiger partial charge < -0.3 is 4.42 Å². The number of nitrogens with zero attached hydrogens (tertiary/aromatic N) is 3. The number of ketones is 1. The molecule has 0 unspecified atom stereocenters. The minimum absolute atomic E-state index is 0.171. The first-order chi connectivity index (χ1) is 15.3. The van der Waals surface area contributed by atoms with E-state index in [9.17, 15) is 17.6 Å². The standard InChI is InChI=1S/C22H22FN3O4S2/c1-15(20(27)16-8-10-18(23)11-9-16)31-22-25-24-21(30-22)17-6-5-7-19(14-17)32(28,29)26-12-3-2-4-13-26/h5-11,14-15H,2-4,12-13H2,1H3/t15-/m0/s1. The van der Waals surface area contributed by atoms with Gasteiger partial charge in [0.1, 0.15) is 5.82 Å². The second-order valence-electron chi connectivity index (χ2n) is 7.50. The summed E-state index contributed by atoms with van der Waals surface area (Å²) in [6.45, 7) is 2.74. The molecule has 0 amide bonds. The number of halogens is 1. The molecule has 3 aromatic rings. The normalized spacial score (nSPS) is 16.1. The molecule has 7 nitrogen and oxygen atoms in total. The number of aromatic nitrogens is 2. The Morgan fingerprint density at radius 3 is 2.53 bits per heavy atom. The molecule has 1 aliphatic rings. The molecule has 1 aromatic heterocycles. The molecule has 1 atom stereocenters. The average molecular weight is 476 g/mol. The summed E-state index contributed by atoms with van der Waals surface area (Å²) < 4.78 is 46.2. The second-order valence-corrected chi connectivity index (χ2v) is 10.7. The SMILES string of the molecule is C[C@H](Sc1nnc(-c2cccc(S(=O)(=O)N3CCCCC3)c2)o1)C(=O)c1ccc(F)cc1. The third-order valence-electron chi connectivity index (χ3n) is 5.22. The Labute approximate surface area is 190 Å². The van der Waals surface area contributed by atoms with Crippen LogP contribution in [0.5, 0.6) is 0 Å². The lowest BCUT2D eigenvalue weighted by atomic mass is 10.1. The zero-order valence-corrected chi connectivity index (χ0v) is 19.0. The fraction of sp³-hybridized carbons (Fsp3) is 0.318. The number of Topliss-reactive ketones (excluding diaryl/α,β-unsaturated/α-hetero) is 1. The summed E-state index contributed by atoms with van der Waals surface area (Å²) in [5.41, 5.74) is 0.877. The van der Waals surface area contributed by atoms with Crippen molar-refractivity contribution in [1.82, 2.24) is 14.5 Å². The molecular formula is C22H22FN3O4S2. The summed E-state index contributed by atoms with van der Waals surface area (Å²) in [5.74, 6) is -0.429. The number of hydrogen-bond acceptors (Lipinski definition) is 7. The Bertz CT molecular complexity index is 1210. The second kappa shape index (κ2) is 9.51. The number of hydrogen-bond donors (Lipinski definition) is 0. The first-order valence-electron chi connectivity index (χ1n) is 10.2. The Kier molecular flexibility index (Phi) is 6.73. The van der Waals surface area contributed by atoms with Crippen LogP contribution in [0.1, 0.15) is 36.5 Å². The maximum atomic E-state index is 13.1. The van der Waals surface area contributed by atoms with Crippen LogP contribution in [0.2, 0.25) is 0 Å². The molecule has 168 valence electrons. The summed E-state index contributed by atoms with van der Waals surface area (Å²) >= 11 is 1.09. The van der Waals surface area contributed by atoms with E-state index >= 15 is 0 Å². The number of benzene rings is 2. The van der Waals surface area contributed by atoms with Gasteiger partial charge in [0.2, 0.25) is 15.9 Å². The van der Waals surface area contributed by atoms with Crippen molar-refractivity contribution in [3.05, 3.63) is 59.9 Å². The summed E-state index contributed by atoms with van der Waals surface area (Å²) in [6, 6.07) is 11.8. The molecule has 0 spiro atoms. The molecule has 0 radical (unpaired) electrons. The van der Waals surface area contributed by atoms with Crippen molar-refractivity contribution in [2.75, 3.05) is 13.1 Å². The number of carbonyl (C=O) groups excluding carboxylic acids is 1. The highest BCUT2D eigenvalue weighted by atomic mass is 32.2. The minimum Gasteiger partial charge on any atom is -0.411 e. The maximum Gasteiger partial charge on any atom is 0.277 e. The van der Waals surface area contributed by atoms with Crippen molar-refractivity contribution < 1.29 is 22.0 Å². The lowest BCUT2D eigenvalue weighted by molar-refractivity contribution is 0.0993. The molecule has 0 N–H and O–H groups in total. The highest BCUT2D eigenvalue weighted by Crippen LogP contribution is 2.29. The minimum atomic E-state index is -3.58. The molecule has 0 bridgehead atoms. The largest absolute Gasteiger partial charge is 0.411 e. The van der Waals surface area contributed by atoms with E-state index < -0.39 is 21.1 Å². The molecular weight excluding hydrogens is 453 g/mol. The lowest BCUT2D eigenvalue weighted by Gasteiger charge is -2.25. The predicted octanol–water partition coefficient (Wildman–Crippen LogP) is 4.41. The molecule has 1 aliphatic heterocycles. The topological polar surface area (TPSA) is 93.4 Å². The third kappa shape index (κ3) is 4.92. The Morgan fingerprint density at radius 2 is 1.81 bits per heavy atom. The number of thioether (sulfide) groups is 1. The highest BCUT2D eigenvalue weighted by Gasteiger charge is 2.27. The monoisotopic (exact) mass is 475 g/mol. The van der Waals surface area contributed by atoms with Crippen molar-refractivity contribution in [2.24, 2.45) is 0 Å². The fourth-order valence-corrected chi connectivity index (χ4v) is 5.80. The van der Waals surface area contributed by atoms with Crippen LogP contribution in [0.3, 0.4) is 0 Å². The van der Waals surface area contributed by atoms with Crippen LogP contribution < -0.4 is 0 Å². The van der Waals surface area contributed by atoms with E-state index in [1.54, 1.807) is 25.1 Å². The van der Waals surface area contributed by atoms with Crippen molar-refractivity contribution in [1.29, 1.82) is 0 Å². The molecule has 0 aliphatic carbocycles. The van der Waals surface area contributed by atoms with Crippen LogP contribution >= 0.6 is 11.8 Å². The van der Waals surface area contributed by atoms with Gasteiger partial charge in [-0.05, 0) is 62.2 Å². The smallest absolute Gasteiger partial charge is 0.277 e. The third-order valence-corrected chi connectivity index (χ3v) is 8.04.